The lowest BCUT2D eigenvalue weighted by Gasteiger charge is -2.19. The second-order valence-corrected chi connectivity index (χ2v) is 13.3. The minimum absolute atomic E-state index is 0.0465. The second kappa shape index (κ2) is 33.9. The molecule has 1 N–H and O–H groups in total. The fourth-order valence-electron chi connectivity index (χ4n) is 5.35. The van der Waals surface area contributed by atoms with Crippen LogP contribution in [0.3, 0.4) is 0 Å². The van der Waals surface area contributed by atoms with E-state index in [9.17, 15) is 18.0 Å². The van der Waals surface area contributed by atoms with E-state index in [0.29, 0.717) is 19.4 Å². The number of nitrogens with zero attached hydrogens (tertiary/aromatic N) is 1. The predicted molar refractivity (Wildman–Crippen MR) is 182 cm³/mol. The normalized spacial score (nSPS) is 11.3. The van der Waals surface area contributed by atoms with Gasteiger partial charge in [-0.05, 0) is 19.8 Å². The molecule has 0 unspecified atom stereocenters. The second-order valence-electron chi connectivity index (χ2n) is 12.1. The summed E-state index contributed by atoms with van der Waals surface area (Å²) >= 11 is 0. The van der Waals surface area contributed by atoms with Crippen LogP contribution in [-0.2, 0) is 24.2 Å². The molecule has 0 spiro atoms. The van der Waals surface area contributed by atoms with Gasteiger partial charge in [0.25, 0.3) is 0 Å². The molecule has 0 aliphatic heterocycles. The summed E-state index contributed by atoms with van der Waals surface area (Å²) < 4.78 is 29.7. The molecule has 0 bridgehead atoms. The van der Waals surface area contributed by atoms with Gasteiger partial charge in [0, 0.05) is 19.4 Å². The fraction of sp³-hybridized carbons (Fsp3) is 0.943. The van der Waals surface area contributed by atoms with Crippen molar-refractivity contribution < 1.29 is 26.7 Å². The number of imide groups is 1. The van der Waals surface area contributed by atoms with Crippen molar-refractivity contribution >= 4 is 22.2 Å². The van der Waals surface area contributed by atoms with Gasteiger partial charge in [0.05, 0.1) is 7.11 Å². The average Bonchev–Trinajstić information content (AvgIpc) is 2.98. The van der Waals surface area contributed by atoms with Gasteiger partial charge in [-0.1, -0.05) is 168 Å². The van der Waals surface area contributed by atoms with Crippen LogP contribution in [0.4, 0.5) is 0 Å². The zero-order valence-electron chi connectivity index (χ0n) is 28.9. The van der Waals surface area contributed by atoms with Crippen molar-refractivity contribution in [1.82, 2.24) is 4.90 Å². The smallest absolute Gasteiger partial charge is 0.283 e. The Morgan fingerprint density at radius 1 is 0.488 bits per heavy atom. The van der Waals surface area contributed by atoms with Crippen molar-refractivity contribution in [3.8, 4) is 0 Å². The van der Waals surface area contributed by atoms with Crippen LogP contribution in [0, 0.1) is 0 Å². The number of rotatable bonds is 30. The number of unbranched alkanes of at least 4 members (excludes halogenated alkanes) is 24. The summed E-state index contributed by atoms with van der Waals surface area (Å²) in [4.78, 5) is 26.6. The predicted octanol–water partition coefficient (Wildman–Crippen LogP) is 10.8. The summed E-state index contributed by atoms with van der Waals surface area (Å²) in [7, 11) is -3.29. The third-order valence-corrected chi connectivity index (χ3v) is 8.54. The van der Waals surface area contributed by atoms with Crippen LogP contribution in [0.15, 0.2) is 0 Å². The lowest BCUT2D eigenvalue weighted by Crippen LogP contribution is -2.36. The Bertz CT molecular complexity index is 671. The third kappa shape index (κ3) is 35.4. The van der Waals surface area contributed by atoms with E-state index in [0.717, 1.165) is 32.8 Å². The van der Waals surface area contributed by atoms with E-state index in [1.54, 1.807) is 0 Å². The first-order valence-corrected chi connectivity index (χ1v) is 19.5. The Morgan fingerprint density at radius 2 is 0.698 bits per heavy atom. The van der Waals surface area contributed by atoms with Gasteiger partial charge >= 0.3 is 10.4 Å². The third-order valence-electron chi connectivity index (χ3n) is 8.12. The van der Waals surface area contributed by atoms with Crippen molar-refractivity contribution in [1.29, 1.82) is 0 Å². The lowest BCUT2D eigenvalue weighted by atomic mass is 10.0. The SMILES string of the molecule is CCCCCCCCCCCCCCCC(=O)N(CC)C(=O)CCCCCCCCCCCCCCC.COS(=O)(=O)O. The summed E-state index contributed by atoms with van der Waals surface area (Å²) in [5, 5.41) is 0. The van der Waals surface area contributed by atoms with Crippen molar-refractivity contribution in [2.75, 3.05) is 13.7 Å². The lowest BCUT2D eigenvalue weighted by molar-refractivity contribution is -0.144. The van der Waals surface area contributed by atoms with Crippen LogP contribution in [-0.4, -0.2) is 43.3 Å². The number of carbonyl (C=O) groups is 2. The highest BCUT2D eigenvalue weighted by molar-refractivity contribution is 7.80. The van der Waals surface area contributed by atoms with Gasteiger partial charge in [0.1, 0.15) is 0 Å². The molecule has 0 aliphatic carbocycles. The summed E-state index contributed by atoms with van der Waals surface area (Å²) in [5.74, 6) is 0.0931. The molecule has 0 fully saturated rings. The van der Waals surface area contributed by atoms with Gasteiger partial charge in [-0.15, -0.1) is 0 Å². The molecule has 0 saturated carbocycles. The van der Waals surface area contributed by atoms with Crippen molar-refractivity contribution in [2.45, 2.75) is 201 Å². The maximum absolute atomic E-state index is 12.6. The molecule has 7 nitrogen and oxygen atoms in total. The van der Waals surface area contributed by atoms with E-state index >= 15 is 0 Å². The Balaban J connectivity index is 0. The number of hydrogen-bond donors (Lipinski definition) is 1. The van der Waals surface area contributed by atoms with Gasteiger partial charge in [0.2, 0.25) is 11.8 Å². The molecular formula is C35H71NO6S. The van der Waals surface area contributed by atoms with Crippen LogP contribution < -0.4 is 0 Å². The highest BCUT2D eigenvalue weighted by atomic mass is 32.3. The monoisotopic (exact) mass is 634 g/mol. The van der Waals surface area contributed by atoms with E-state index in [1.807, 2.05) is 6.92 Å². The zero-order valence-corrected chi connectivity index (χ0v) is 29.7. The van der Waals surface area contributed by atoms with Gasteiger partial charge in [-0.25, -0.2) is 0 Å². The van der Waals surface area contributed by atoms with Crippen LogP contribution >= 0.6 is 0 Å². The van der Waals surface area contributed by atoms with Crippen LogP contribution in [0.1, 0.15) is 201 Å². The molecule has 0 aromatic carbocycles. The Hall–Kier alpha value is -0.990. The molecule has 2 amide bonds. The first kappa shape index (κ1) is 44.1. The van der Waals surface area contributed by atoms with Gasteiger partial charge < -0.3 is 0 Å². The van der Waals surface area contributed by atoms with Gasteiger partial charge in [-0.2, -0.15) is 8.42 Å². The van der Waals surface area contributed by atoms with Gasteiger partial charge in [-0.3, -0.25) is 23.2 Å². The highest BCUT2D eigenvalue weighted by Gasteiger charge is 2.18. The van der Waals surface area contributed by atoms with Crippen molar-refractivity contribution in [3.05, 3.63) is 0 Å². The minimum Gasteiger partial charge on any atom is -0.283 e. The average molecular weight is 634 g/mol. The molecule has 0 rings (SSSR count). The topological polar surface area (TPSA) is 101 Å². The van der Waals surface area contributed by atoms with E-state index in [4.69, 9.17) is 4.55 Å². The molecule has 0 saturated heterocycles. The minimum atomic E-state index is -4.16. The van der Waals surface area contributed by atoms with E-state index in [2.05, 4.69) is 18.0 Å². The molecule has 258 valence electrons. The standard InChI is InChI=1S/C34H67NO2.CH4O4S/c1-4-7-9-11-13-15-17-19-21-23-25-27-29-31-33(36)35(6-3)34(37)32-30-28-26-24-22-20-18-16-14-12-10-8-5-2;1-5-6(2,3)4/h4-32H2,1-3H3;1H3,(H,2,3,4). The maximum Gasteiger partial charge on any atom is 0.397 e. The molecule has 0 radical (unpaired) electrons. The Labute approximate surface area is 267 Å². The fourth-order valence-corrected chi connectivity index (χ4v) is 5.35. The number of carbonyl (C=O) groups excluding carboxylic acids is 2. The molecular weight excluding hydrogens is 562 g/mol. The Morgan fingerprint density at radius 3 is 0.884 bits per heavy atom. The van der Waals surface area contributed by atoms with Crippen LogP contribution in [0.5, 0.6) is 0 Å². The van der Waals surface area contributed by atoms with E-state index in [1.165, 1.54) is 146 Å². The van der Waals surface area contributed by atoms with Crippen molar-refractivity contribution in [3.63, 3.8) is 0 Å². The largest absolute Gasteiger partial charge is 0.397 e. The molecule has 8 heteroatoms. The summed E-state index contributed by atoms with van der Waals surface area (Å²) in [6, 6.07) is 0. The molecule has 43 heavy (non-hydrogen) atoms. The number of hydrogen-bond acceptors (Lipinski definition) is 5. The molecule has 0 aromatic heterocycles. The molecule has 0 heterocycles. The van der Waals surface area contributed by atoms with Crippen LogP contribution in [0.2, 0.25) is 0 Å². The first-order chi connectivity index (χ1) is 20.7. The highest BCUT2D eigenvalue weighted by Crippen LogP contribution is 2.15. The van der Waals surface area contributed by atoms with Gasteiger partial charge in [0.15, 0.2) is 0 Å². The van der Waals surface area contributed by atoms with Crippen molar-refractivity contribution in [2.24, 2.45) is 0 Å². The van der Waals surface area contributed by atoms with Crippen LogP contribution in [0.25, 0.3) is 0 Å². The summed E-state index contributed by atoms with van der Waals surface area (Å²) in [6.45, 7) is 7.01. The summed E-state index contributed by atoms with van der Waals surface area (Å²) in [5.41, 5.74) is 0. The molecule has 0 atom stereocenters. The Kier molecular flexibility index (Phi) is 34.8. The quantitative estimate of drug-likeness (QED) is 0.0624. The first-order valence-electron chi connectivity index (χ1n) is 18.1. The molecule has 0 aliphatic rings. The number of amides is 2. The summed E-state index contributed by atoms with van der Waals surface area (Å²) in [6.07, 6.45) is 35.1. The maximum atomic E-state index is 12.6. The van der Waals surface area contributed by atoms with E-state index < -0.39 is 10.4 Å². The molecule has 0 aromatic rings. The van der Waals surface area contributed by atoms with E-state index in [-0.39, 0.29) is 11.8 Å². The zero-order chi connectivity index (χ0) is 32.4.